The number of halogens is 1. The van der Waals surface area contributed by atoms with E-state index in [0.29, 0.717) is 11.6 Å². The Hall–Kier alpha value is 0.467. The van der Waals surface area contributed by atoms with Gasteiger partial charge in [-0.1, -0.05) is 26.4 Å². The highest BCUT2D eigenvalue weighted by molar-refractivity contribution is 6.58. The maximum atomic E-state index is 5.75. The Morgan fingerprint density at radius 2 is 2.09 bits per heavy atom. The molecule has 0 N–H and O–H groups in total. The Balaban J connectivity index is 3.36. The van der Waals surface area contributed by atoms with Crippen molar-refractivity contribution in [3.05, 3.63) is 0 Å². The molecule has 0 aromatic heterocycles. The van der Waals surface area contributed by atoms with Gasteiger partial charge in [-0.25, -0.2) is 0 Å². The van der Waals surface area contributed by atoms with Crippen LogP contribution in [0.2, 0.25) is 13.1 Å². The van der Waals surface area contributed by atoms with Crippen LogP contribution in [0.4, 0.5) is 0 Å². The summed E-state index contributed by atoms with van der Waals surface area (Å²) < 4.78 is 5.62. The van der Waals surface area contributed by atoms with Crippen LogP contribution in [0.15, 0.2) is 0 Å². The molecule has 0 aliphatic heterocycles. The molecule has 0 amide bonds. The summed E-state index contributed by atoms with van der Waals surface area (Å²) in [6, 6.07) is 0. The van der Waals surface area contributed by atoms with Gasteiger partial charge in [-0.05, 0) is 6.42 Å². The zero-order valence-corrected chi connectivity index (χ0v) is 9.68. The molecule has 0 spiro atoms. The smallest absolute Gasteiger partial charge is 0.0671 e. The number of unbranched alkanes of at least 4 members (excludes halogenated alkanes) is 1. The molecule has 1 atom stereocenters. The van der Waals surface area contributed by atoms with Crippen molar-refractivity contribution in [1.29, 1.82) is 0 Å². The van der Waals surface area contributed by atoms with Crippen molar-refractivity contribution in [2.75, 3.05) is 12.5 Å². The minimum Gasteiger partial charge on any atom is -0.381 e. The number of hydrogen-bond donors (Lipinski definition) is 0. The summed E-state index contributed by atoms with van der Waals surface area (Å²) in [6.45, 7) is 7.61. The summed E-state index contributed by atoms with van der Waals surface area (Å²) in [7, 11) is -0.682. The van der Waals surface area contributed by atoms with E-state index in [0.717, 1.165) is 13.0 Å². The predicted molar refractivity (Wildman–Crippen MR) is 54.2 cm³/mol. The van der Waals surface area contributed by atoms with Gasteiger partial charge in [0.15, 0.2) is 0 Å². The van der Waals surface area contributed by atoms with Crippen LogP contribution >= 0.6 is 11.6 Å². The molecule has 0 bridgehead atoms. The van der Waals surface area contributed by atoms with Gasteiger partial charge >= 0.3 is 0 Å². The molecule has 0 radical (unpaired) electrons. The first kappa shape index (κ1) is 11.5. The molecule has 0 saturated heterocycles. The van der Waals surface area contributed by atoms with Gasteiger partial charge in [0.2, 0.25) is 0 Å². The summed E-state index contributed by atoms with van der Waals surface area (Å²) in [5, 5.41) is 0. The first-order valence-corrected chi connectivity index (χ1v) is 7.91. The molecule has 0 rings (SSSR count). The molecule has 0 aromatic rings. The number of alkyl halides is 1. The van der Waals surface area contributed by atoms with Crippen molar-refractivity contribution in [1.82, 2.24) is 0 Å². The molecule has 0 aliphatic carbocycles. The molecule has 68 valence electrons. The van der Waals surface area contributed by atoms with Crippen molar-refractivity contribution in [3.63, 3.8) is 0 Å². The van der Waals surface area contributed by atoms with E-state index in [9.17, 15) is 0 Å². The summed E-state index contributed by atoms with van der Waals surface area (Å²) in [6.07, 6.45) is 2.36. The molecule has 1 unspecified atom stereocenters. The van der Waals surface area contributed by atoms with Crippen molar-refractivity contribution in [2.45, 2.75) is 38.6 Å². The summed E-state index contributed by atoms with van der Waals surface area (Å²) >= 11 is 5.75. The maximum absolute atomic E-state index is 5.75. The third-order valence-electron chi connectivity index (χ3n) is 1.73. The maximum Gasteiger partial charge on any atom is 0.0671 e. The number of ether oxygens (including phenoxy) is 1. The molecule has 0 aromatic carbocycles. The van der Waals surface area contributed by atoms with Crippen LogP contribution in [0.1, 0.15) is 19.8 Å². The third kappa shape index (κ3) is 5.71. The minimum absolute atomic E-state index is 0.378. The van der Waals surface area contributed by atoms with E-state index < -0.39 is 8.80 Å². The second kappa shape index (κ2) is 7.13. The summed E-state index contributed by atoms with van der Waals surface area (Å²) in [4.78, 5) is 0. The topological polar surface area (TPSA) is 9.23 Å². The van der Waals surface area contributed by atoms with E-state index >= 15 is 0 Å². The molecule has 11 heavy (non-hydrogen) atoms. The largest absolute Gasteiger partial charge is 0.381 e. The molecule has 0 aliphatic rings. The molecule has 0 heterocycles. The second-order valence-electron chi connectivity index (χ2n) is 3.16. The van der Waals surface area contributed by atoms with Gasteiger partial charge in [-0.3, -0.25) is 0 Å². The van der Waals surface area contributed by atoms with E-state index in [1.807, 2.05) is 0 Å². The van der Waals surface area contributed by atoms with Crippen molar-refractivity contribution in [2.24, 2.45) is 0 Å². The lowest BCUT2D eigenvalue weighted by atomic mass is 10.4. The standard InChI is InChI=1S/C8H19ClOSi/c1-4-5-6-10-8(7-9)11(2)3/h8,11H,4-7H2,1-3H3. The Kier molecular flexibility index (Phi) is 7.44. The first-order chi connectivity index (χ1) is 5.22. The molecular formula is C8H19ClOSi. The number of hydrogen-bond acceptors (Lipinski definition) is 1. The molecular weight excluding hydrogens is 176 g/mol. The van der Waals surface area contributed by atoms with E-state index in [2.05, 4.69) is 20.0 Å². The predicted octanol–water partition coefficient (Wildman–Crippen LogP) is 2.44. The Morgan fingerprint density at radius 3 is 2.45 bits per heavy atom. The van der Waals surface area contributed by atoms with Gasteiger partial charge in [0.05, 0.1) is 14.5 Å². The second-order valence-corrected chi connectivity index (χ2v) is 6.70. The lowest BCUT2D eigenvalue weighted by molar-refractivity contribution is 0.113. The van der Waals surface area contributed by atoms with Crippen LogP contribution in [0.3, 0.4) is 0 Å². The lowest BCUT2D eigenvalue weighted by Crippen LogP contribution is -2.29. The fourth-order valence-electron chi connectivity index (χ4n) is 0.794. The van der Waals surface area contributed by atoms with Crippen LogP contribution in [0.5, 0.6) is 0 Å². The monoisotopic (exact) mass is 194 g/mol. The fraction of sp³-hybridized carbons (Fsp3) is 1.00. The van der Waals surface area contributed by atoms with Gasteiger partial charge < -0.3 is 4.74 Å². The van der Waals surface area contributed by atoms with E-state index in [4.69, 9.17) is 16.3 Å². The average Bonchev–Trinajstić information content (AvgIpc) is 1.97. The van der Waals surface area contributed by atoms with Gasteiger partial charge in [0, 0.05) is 12.5 Å². The quantitative estimate of drug-likeness (QED) is 0.359. The average molecular weight is 195 g/mol. The highest BCUT2D eigenvalue weighted by atomic mass is 35.5. The summed E-state index contributed by atoms with van der Waals surface area (Å²) in [5.41, 5.74) is 0.378. The van der Waals surface area contributed by atoms with Crippen LogP contribution in [-0.4, -0.2) is 27.0 Å². The Labute approximate surface area is 76.7 Å². The van der Waals surface area contributed by atoms with Crippen LogP contribution in [0.25, 0.3) is 0 Å². The fourth-order valence-corrected chi connectivity index (χ4v) is 2.83. The SMILES string of the molecule is CCCCOC(CCl)[SiH](C)C. The Bertz CT molecular complexity index is 88.2. The highest BCUT2D eigenvalue weighted by Gasteiger charge is 2.12. The summed E-state index contributed by atoms with van der Waals surface area (Å²) in [5.74, 6) is 0.674. The highest BCUT2D eigenvalue weighted by Crippen LogP contribution is 2.02. The van der Waals surface area contributed by atoms with Crippen LogP contribution in [-0.2, 0) is 4.74 Å². The molecule has 1 nitrogen and oxygen atoms in total. The van der Waals surface area contributed by atoms with E-state index in [1.54, 1.807) is 0 Å². The van der Waals surface area contributed by atoms with Crippen molar-refractivity contribution < 1.29 is 4.74 Å². The molecule has 0 saturated carbocycles. The first-order valence-electron chi connectivity index (χ1n) is 4.40. The van der Waals surface area contributed by atoms with Gasteiger partial charge in [0.25, 0.3) is 0 Å². The van der Waals surface area contributed by atoms with Crippen LogP contribution in [0, 0.1) is 0 Å². The van der Waals surface area contributed by atoms with E-state index in [-0.39, 0.29) is 0 Å². The van der Waals surface area contributed by atoms with Gasteiger partial charge in [-0.2, -0.15) is 0 Å². The van der Waals surface area contributed by atoms with E-state index in [1.165, 1.54) is 6.42 Å². The lowest BCUT2D eigenvalue weighted by Gasteiger charge is -2.17. The zero-order chi connectivity index (χ0) is 8.69. The minimum atomic E-state index is -0.682. The molecule has 0 fully saturated rings. The molecule has 3 heteroatoms. The number of rotatable bonds is 6. The van der Waals surface area contributed by atoms with Crippen molar-refractivity contribution in [3.8, 4) is 0 Å². The Morgan fingerprint density at radius 1 is 1.45 bits per heavy atom. The third-order valence-corrected chi connectivity index (χ3v) is 4.24. The van der Waals surface area contributed by atoms with Gasteiger partial charge in [-0.15, -0.1) is 11.6 Å². The zero-order valence-electron chi connectivity index (χ0n) is 7.77. The van der Waals surface area contributed by atoms with Crippen LogP contribution < -0.4 is 0 Å². The van der Waals surface area contributed by atoms with Crippen molar-refractivity contribution >= 4 is 20.4 Å². The van der Waals surface area contributed by atoms with Gasteiger partial charge in [0.1, 0.15) is 0 Å². The normalized spacial score (nSPS) is 13.9.